The van der Waals surface area contributed by atoms with Crippen molar-refractivity contribution >= 4 is 13.3 Å². The lowest BCUT2D eigenvalue weighted by Crippen LogP contribution is -2.59. The van der Waals surface area contributed by atoms with Crippen molar-refractivity contribution in [2.24, 2.45) is 69.0 Å². The third-order valence-electron chi connectivity index (χ3n) is 17.2. The Hall–Kier alpha value is -0.823. The van der Waals surface area contributed by atoms with E-state index in [1.807, 2.05) is 5.19 Å². The van der Waals surface area contributed by atoms with Gasteiger partial charge in [-0.3, -0.25) is 0 Å². The minimum Gasteiger partial charge on any atom is -0.103 e. The predicted molar refractivity (Wildman–Crippen MR) is 197 cm³/mol. The van der Waals surface area contributed by atoms with E-state index in [-0.39, 0.29) is 0 Å². The van der Waals surface area contributed by atoms with Gasteiger partial charge in [-0.2, -0.15) is 0 Å². The van der Waals surface area contributed by atoms with Gasteiger partial charge in [-0.25, -0.2) is 0 Å². The van der Waals surface area contributed by atoms with Crippen LogP contribution in [-0.4, -0.2) is 8.07 Å². The van der Waals surface area contributed by atoms with E-state index >= 15 is 0 Å². The molecule has 0 bridgehead atoms. The number of hydrogen-bond acceptors (Lipinski definition) is 0. The lowest BCUT2D eigenvalue weighted by atomic mass is 9.46. The number of allylic oxidation sites excluding steroid dienone is 1. The van der Waals surface area contributed by atoms with Crippen LogP contribution in [0.2, 0.25) is 17.1 Å². The first-order chi connectivity index (χ1) is 21.2. The largest absolute Gasteiger partial charge is 0.103 e. The van der Waals surface area contributed by atoms with Gasteiger partial charge in [-0.15, -0.1) is 6.58 Å². The second-order valence-corrected chi connectivity index (χ2v) is 25.4. The average Bonchev–Trinajstić information content (AvgIpc) is 3.65. The molecule has 1 heteroatoms. The van der Waals surface area contributed by atoms with Gasteiger partial charge in [0.15, 0.2) is 0 Å². The molecule has 6 aliphatic rings. The van der Waals surface area contributed by atoms with Crippen molar-refractivity contribution in [2.75, 3.05) is 0 Å². The zero-order valence-electron chi connectivity index (χ0n) is 30.8. The molecule has 6 fully saturated rings. The van der Waals surface area contributed by atoms with Crippen LogP contribution in [0.5, 0.6) is 0 Å². The van der Waals surface area contributed by atoms with Crippen LogP contribution < -0.4 is 5.19 Å². The highest BCUT2D eigenvalue weighted by molar-refractivity contribution is 6.94. The Kier molecular flexibility index (Phi) is 8.27. The Labute approximate surface area is 280 Å². The van der Waals surface area contributed by atoms with Gasteiger partial charge in [-0.05, 0) is 144 Å². The summed E-state index contributed by atoms with van der Waals surface area (Å²) < 4.78 is 0. The Morgan fingerprint density at radius 1 is 0.622 bits per heavy atom. The van der Waals surface area contributed by atoms with E-state index in [0.29, 0.717) is 21.7 Å². The highest BCUT2D eigenvalue weighted by Gasteiger charge is 2.67. The number of rotatable bonds is 6. The first-order valence-electron chi connectivity index (χ1n) is 19.9. The molecule has 6 saturated carbocycles. The summed E-state index contributed by atoms with van der Waals surface area (Å²) in [7, 11) is -1.89. The van der Waals surface area contributed by atoms with Gasteiger partial charge in [-0.1, -0.05) is 123 Å². The van der Waals surface area contributed by atoms with Crippen molar-refractivity contribution in [3.8, 4) is 0 Å². The van der Waals surface area contributed by atoms with E-state index in [9.17, 15) is 0 Å². The van der Waals surface area contributed by atoms with Crippen LogP contribution in [0, 0.1) is 69.0 Å². The summed E-state index contributed by atoms with van der Waals surface area (Å²) in [6, 6.07) is 14.0. The molecule has 1 aromatic carbocycles. The third kappa shape index (κ3) is 5.15. The molecule has 9 atom stereocenters. The Balaban J connectivity index is 1.41. The van der Waals surface area contributed by atoms with Gasteiger partial charge in [0, 0.05) is 0 Å². The van der Waals surface area contributed by atoms with Crippen molar-refractivity contribution in [1.29, 1.82) is 0 Å². The summed E-state index contributed by atoms with van der Waals surface area (Å²) in [5, 5.41) is 1.86. The quantitative estimate of drug-likeness (QED) is 0.218. The van der Waals surface area contributed by atoms with Gasteiger partial charge in [0.1, 0.15) is 0 Å². The molecule has 0 N–H and O–H groups in total. The summed E-state index contributed by atoms with van der Waals surface area (Å²) in [5.74, 6) is 7.51. The topological polar surface area (TPSA) is 0 Å². The fraction of sp³-hybridized carbons (Fsp3) is 0.818. The Morgan fingerprint density at radius 3 is 1.42 bits per heavy atom. The number of hydrogen-bond donors (Lipinski definition) is 0. The molecule has 0 saturated heterocycles. The van der Waals surface area contributed by atoms with Crippen LogP contribution >= 0.6 is 0 Å². The van der Waals surface area contributed by atoms with Crippen molar-refractivity contribution in [3.05, 3.63) is 43.0 Å². The fourth-order valence-electron chi connectivity index (χ4n) is 14.7. The molecule has 9 unspecified atom stereocenters. The summed E-state index contributed by atoms with van der Waals surface area (Å²) in [5.41, 5.74) is 3.95. The molecular formula is C44H70Si. The van der Waals surface area contributed by atoms with E-state index in [4.69, 9.17) is 0 Å². The standard InChI is InChI=1S/C44H70Si/c1-10-11-25-45(31-19-15-16-20-31,30-17-13-12-14-18-30)40-34-28-38-36(41(2,3)21-23-43(38,6)7)26-32(34)33-27-37-39(29-35(33)40)44(8,9)24-22-42(37,4)5/h10,12-14,17-18,31-40H,1,11,15-16,19-29H2,2-9H3. The lowest BCUT2D eigenvalue weighted by Gasteiger charge is -2.59. The van der Waals surface area contributed by atoms with Crippen molar-refractivity contribution in [2.45, 2.75) is 156 Å². The summed E-state index contributed by atoms with van der Waals surface area (Å²) in [4.78, 5) is 0. The number of benzene rings is 1. The van der Waals surface area contributed by atoms with E-state index in [1.54, 1.807) is 25.7 Å². The van der Waals surface area contributed by atoms with Gasteiger partial charge in [0.25, 0.3) is 0 Å². The zero-order chi connectivity index (χ0) is 32.0. The minimum absolute atomic E-state index is 0.493. The number of fused-ring (bicyclic) bond motifs is 5. The molecule has 0 radical (unpaired) electrons. The summed E-state index contributed by atoms with van der Waals surface area (Å²) in [6.45, 7) is 25.8. The Morgan fingerprint density at radius 2 is 1.02 bits per heavy atom. The smallest absolute Gasteiger partial charge is 0.0936 e. The van der Waals surface area contributed by atoms with Crippen LogP contribution in [0.4, 0.5) is 0 Å². The zero-order valence-corrected chi connectivity index (χ0v) is 31.8. The highest BCUT2D eigenvalue weighted by Crippen LogP contribution is 2.74. The maximum absolute atomic E-state index is 4.37. The first kappa shape index (κ1) is 32.7. The molecule has 0 amide bonds. The van der Waals surface area contributed by atoms with Crippen molar-refractivity contribution in [1.82, 2.24) is 0 Å². The lowest BCUT2D eigenvalue weighted by molar-refractivity contribution is -0.0969. The molecule has 45 heavy (non-hydrogen) atoms. The van der Waals surface area contributed by atoms with Crippen LogP contribution in [0.3, 0.4) is 0 Å². The second kappa shape index (κ2) is 11.4. The monoisotopic (exact) mass is 627 g/mol. The molecule has 7 rings (SSSR count). The van der Waals surface area contributed by atoms with E-state index < -0.39 is 8.07 Å². The SMILES string of the molecule is C=CCC[Si](c1ccccc1)(C1CCCC1)C1C2CC3C(CC2C2CC4C(CC21)C(C)(C)CCC4(C)C)C(C)(C)CCC3(C)C. The summed E-state index contributed by atoms with van der Waals surface area (Å²) in [6.07, 6.45) is 21.5. The predicted octanol–water partition coefficient (Wildman–Crippen LogP) is 12.5. The average molecular weight is 627 g/mol. The second-order valence-electron chi connectivity index (χ2n) is 20.7. The van der Waals surface area contributed by atoms with Crippen molar-refractivity contribution < 1.29 is 0 Å². The molecule has 0 spiro atoms. The minimum atomic E-state index is -1.89. The molecule has 0 aromatic heterocycles. The maximum Gasteiger partial charge on any atom is 0.0936 e. The first-order valence-corrected chi connectivity index (χ1v) is 22.3. The third-order valence-corrected chi connectivity index (χ3v) is 23.8. The van der Waals surface area contributed by atoms with Gasteiger partial charge in [0.2, 0.25) is 0 Å². The van der Waals surface area contributed by atoms with Crippen LogP contribution in [0.1, 0.15) is 139 Å². The van der Waals surface area contributed by atoms with Crippen LogP contribution in [0.25, 0.3) is 0 Å². The molecule has 250 valence electrons. The molecule has 0 heterocycles. The molecular weight excluding hydrogens is 557 g/mol. The fourth-order valence-corrected chi connectivity index (χ4v) is 22.3. The normalized spacial score (nSPS) is 42.4. The highest BCUT2D eigenvalue weighted by atomic mass is 28.3. The van der Waals surface area contributed by atoms with Crippen LogP contribution in [0.15, 0.2) is 43.0 Å². The van der Waals surface area contributed by atoms with Gasteiger partial charge >= 0.3 is 0 Å². The molecule has 6 aliphatic carbocycles. The molecule has 0 nitrogen and oxygen atoms in total. The van der Waals surface area contributed by atoms with Gasteiger partial charge < -0.3 is 0 Å². The van der Waals surface area contributed by atoms with Crippen LogP contribution in [-0.2, 0) is 0 Å². The van der Waals surface area contributed by atoms with E-state index in [0.717, 1.165) is 58.4 Å². The van der Waals surface area contributed by atoms with E-state index in [1.165, 1.54) is 63.8 Å². The Bertz CT molecular complexity index is 1160. The van der Waals surface area contributed by atoms with Crippen molar-refractivity contribution in [3.63, 3.8) is 0 Å². The van der Waals surface area contributed by atoms with E-state index in [2.05, 4.69) is 98.4 Å². The molecule has 1 aromatic rings. The van der Waals surface area contributed by atoms with Gasteiger partial charge in [0.05, 0.1) is 8.07 Å². The molecule has 0 aliphatic heterocycles. The maximum atomic E-state index is 4.37. The summed E-state index contributed by atoms with van der Waals surface area (Å²) >= 11 is 0.